The number of thiophene rings is 1. The summed E-state index contributed by atoms with van der Waals surface area (Å²) in [4.78, 5) is 5.25. The summed E-state index contributed by atoms with van der Waals surface area (Å²) in [5.41, 5.74) is 1.56. The molecule has 0 aromatic carbocycles. The molecule has 1 atom stereocenters. The highest BCUT2D eigenvalue weighted by Crippen LogP contribution is 2.35. The summed E-state index contributed by atoms with van der Waals surface area (Å²) in [6.45, 7) is 1.66. The van der Waals surface area contributed by atoms with Crippen molar-refractivity contribution in [3.8, 4) is 0 Å². The molecular weight excluding hydrogens is 336 g/mol. The molecule has 2 aromatic rings. The minimum absolute atomic E-state index is 0.143. The number of thiazole rings is 1. The summed E-state index contributed by atoms with van der Waals surface area (Å²) in [5.74, 6) is 0. The molecule has 20 heavy (non-hydrogen) atoms. The molecule has 4 nitrogen and oxygen atoms in total. The lowest BCUT2D eigenvalue weighted by Crippen LogP contribution is -2.30. The van der Waals surface area contributed by atoms with Gasteiger partial charge in [0.15, 0.2) is 8.68 Å². The first-order valence-electron chi connectivity index (χ1n) is 6.19. The summed E-state index contributed by atoms with van der Waals surface area (Å²) in [6, 6.07) is 1.87. The summed E-state index contributed by atoms with van der Waals surface area (Å²) < 4.78 is 28.2. The maximum Gasteiger partial charge on any atom is 0.252 e. The van der Waals surface area contributed by atoms with E-state index in [2.05, 4.69) is 9.71 Å². The smallest absolute Gasteiger partial charge is 0.229 e. The summed E-state index contributed by atoms with van der Waals surface area (Å²) >= 11 is 8.49. The first-order chi connectivity index (χ1) is 9.47. The molecule has 1 N–H and O–H groups in total. The van der Waals surface area contributed by atoms with Gasteiger partial charge in [0.25, 0.3) is 10.0 Å². The van der Waals surface area contributed by atoms with Crippen molar-refractivity contribution in [2.75, 3.05) is 0 Å². The first kappa shape index (κ1) is 14.5. The standard InChI is InChI=1S/C12H13ClN2O2S3/c1-7-11(19-12(13)14-7)20(16,17)15-9-3-2-4-10-8(9)5-6-18-10/h5-6,9,15H,2-4H2,1H3. The molecule has 8 heteroatoms. The second-order valence-corrected chi connectivity index (χ2v) is 9.20. The molecule has 0 amide bonds. The summed E-state index contributed by atoms with van der Waals surface area (Å²) in [5, 5.41) is 2.02. The Morgan fingerprint density at radius 3 is 3.00 bits per heavy atom. The fourth-order valence-corrected chi connectivity index (χ4v) is 6.44. The van der Waals surface area contributed by atoms with Gasteiger partial charge in [-0.15, -0.1) is 11.3 Å². The normalized spacial score (nSPS) is 19.0. The van der Waals surface area contributed by atoms with Crippen LogP contribution in [0, 0.1) is 6.92 Å². The zero-order valence-electron chi connectivity index (χ0n) is 10.7. The van der Waals surface area contributed by atoms with Gasteiger partial charge >= 0.3 is 0 Å². The number of nitrogens with one attached hydrogen (secondary N) is 1. The van der Waals surface area contributed by atoms with Crippen LogP contribution in [0.2, 0.25) is 4.47 Å². The minimum atomic E-state index is -3.56. The third kappa shape index (κ3) is 2.65. The number of sulfonamides is 1. The Bertz CT molecular complexity index is 736. The maximum absolute atomic E-state index is 12.5. The topological polar surface area (TPSA) is 59.1 Å². The Balaban J connectivity index is 1.91. The molecule has 0 saturated carbocycles. The fourth-order valence-electron chi connectivity index (χ4n) is 2.45. The first-order valence-corrected chi connectivity index (χ1v) is 9.74. The second-order valence-electron chi connectivity index (χ2n) is 4.70. The molecule has 2 heterocycles. The van der Waals surface area contributed by atoms with Gasteiger partial charge in [0, 0.05) is 10.9 Å². The van der Waals surface area contributed by atoms with Crippen LogP contribution in [0.15, 0.2) is 15.7 Å². The third-order valence-electron chi connectivity index (χ3n) is 3.32. The third-order valence-corrected chi connectivity index (χ3v) is 7.66. The van der Waals surface area contributed by atoms with Gasteiger partial charge in [0.05, 0.1) is 5.69 Å². The van der Waals surface area contributed by atoms with Gasteiger partial charge in [0.2, 0.25) is 0 Å². The lowest BCUT2D eigenvalue weighted by atomic mass is 9.95. The number of aryl methyl sites for hydroxylation is 2. The van der Waals surface area contributed by atoms with E-state index < -0.39 is 10.0 Å². The van der Waals surface area contributed by atoms with E-state index in [0.717, 1.165) is 36.2 Å². The van der Waals surface area contributed by atoms with Gasteiger partial charge in [-0.25, -0.2) is 18.1 Å². The molecule has 1 aliphatic carbocycles. The van der Waals surface area contributed by atoms with Crippen molar-refractivity contribution < 1.29 is 8.42 Å². The van der Waals surface area contributed by atoms with Gasteiger partial charge in [0.1, 0.15) is 0 Å². The van der Waals surface area contributed by atoms with Crippen LogP contribution < -0.4 is 4.72 Å². The van der Waals surface area contributed by atoms with Crippen LogP contribution in [0.3, 0.4) is 0 Å². The number of fused-ring (bicyclic) bond motifs is 1. The Labute approximate surface area is 130 Å². The molecular formula is C12H13ClN2O2S3. The number of aromatic nitrogens is 1. The van der Waals surface area contributed by atoms with Crippen LogP contribution in [-0.4, -0.2) is 13.4 Å². The average Bonchev–Trinajstić information content (AvgIpc) is 2.96. The van der Waals surface area contributed by atoms with E-state index in [-0.39, 0.29) is 14.7 Å². The zero-order valence-corrected chi connectivity index (χ0v) is 13.9. The molecule has 1 unspecified atom stereocenters. The summed E-state index contributed by atoms with van der Waals surface area (Å²) in [7, 11) is -3.56. The van der Waals surface area contributed by atoms with E-state index in [1.807, 2.05) is 11.4 Å². The van der Waals surface area contributed by atoms with E-state index in [0.29, 0.717) is 5.69 Å². The largest absolute Gasteiger partial charge is 0.252 e. The van der Waals surface area contributed by atoms with E-state index in [1.165, 1.54) is 4.88 Å². The minimum Gasteiger partial charge on any atom is -0.229 e. The highest BCUT2D eigenvalue weighted by molar-refractivity contribution is 7.91. The predicted octanol–water partition coefficient (Wildman–Crippen LogP) is 3.52. The Hall–Kier alpha value is -0.470. The SMILES string of the molecule is Cc1nc(Cl)sc1S(=O)(=O)NC1CCCc2sccc21. The molecule has 0 saturated heterocycles. The number of rotatable bonds is 3. The van der Waals surface area contributed by atoms with E-state index in [1.54, 1.807) is 18.3 Å². The van der Waals surface area contributed by atoms with Crippen molar-refractivity contribution >= 4 is 44.3 Å². The van der Waals surface area contributed by atoms with Crippen molar-refractivity contribution in [3.63, 3.8) is 0 Å². The van der Waals surface area contributed by atoms with Crippen LogP contribution in [0.5, 0.6) is 0 Å². The van der Waals surface area contributed by atoms with Crippen LogP contribution >= 0.6 is 34.3 Å². The predicted molar refractivity (Wildman–Crippen MR) is 82.2 cm³/mol. The van der Waals surface area contributed by atoms with Gasteiger partial charge in [-0.05, 0) is 43.2 Å². The number of nitrogens with zero attached hydrogens (tertiary/aromatic N) is 1. The number of hydrogen-bond donors (Lipinski definition) is 1. The molecule has 3 rings (SSSR count). The quantitative estimate of drug-likeness (QED) is 0.923. The molecule has 0 bridgehead atoms. The van der Waals surface area contributed by atoms with Gasteiger partial charge in [-0.2, -0.15) is 0 Å². The molecule has 0 aliphatic heterocycles. The molecule has 0 fully saturated rings. The van der Waals surface area contributed by atoms with Crippen molar-refractivity contribution in [1.29, 1.82) is 0 Å². The van der Waals surface area contributed by atoms with E-state index >= 15 is 0 Å². The fraction of sp³-hybridized carbons (Fsp3) is 0.417. The van der Waals surface area contributed by atoms with Crippen LogP contribution in [0.25, 0.3) is 0 Å². The van der Waals surface area contributed by atoms with Gasteiger partial charge in [-0.1, -0.05) is 22.9 Å². The van der Waals surface area contributed by atoms with Gasteiger partial charge in [-0.3, -0.25) is 0 Å². The second kappa shape index (κ2) is 5.38. The van der Waals surface area contributed by atoms with Crippen molar-refractivity contribution in [1.82, 2.24) is 9.71 Å². The van der Waals surface area contributed by atoms with Crippen molar-refractivity contribution in [2.45, 2.75) is 36.4 Å². The molecule has 108 valence electrons. The van der Waals surface area contributed by atoms with Crippen molar-refractivity contribution in [3.05, 3.63) is 32.0 Å². The number of halogens is 1. The van der Waals surface area contributed by atoms with Gasteiger partial charge < -0.3 is 0 Å². The highest BCUT2D eigenvalue weighted by Gasteiger charge is 2.29. The molecule has 0 spiro atoms. The van der Waals surface area contributed by atoms with E-state index in [9.17, 15) is 8.42 Å². The average molecular weight is 349 g/mol. The van der Waals surface area contributed by atoms with E-state index in [4.69, 9.17) is 11.6 Å². The zero-order chi connectivity index (χ0) is 14.3. The lowest BCUT2D eigenvalue weighted by Gasteiger charge is -2.23. The maximum atomic E-state index is 12.5. The van der Waals surface area contributed by atoms with Crippen molar-refractivity contribution in [2.24, 2.45) is 0 Å². The molecule has 1 aliphatic rings. The van der Waals surface area contributed by atoms with Crippen LogP contribution in [0.1, 0.15) is 35.0 Å². The molecule has 0 radical (unpaired) electrons. The van der Waals surface area contributed by atoms with Crippen LogP contribution in [0.4, 0.5) is 0 Å². The monoisotopic (exact) mass is 348 g/mol. The Morgan fingerprint density at radius 1 is 1.50 bits per heavy atom. The Morgan fingerprint density at radius 2 is 2.30 bits per heavy atom. The Kier molecular flexibility index (Phi) is 3.89. The molecule has 2 aromatic heterocycles. The summed E-state index contributed by atoms with van der Waals surface area (Å²) in [6.07, 6.45) is 2.87. The van der Waals surface area contributed by atoms with Crippen LogP contribution in [-0.2, 0) is 16.4 Å². The lowest BCUT2D eigenvalue weighted by molar-refractivity contribution is 0.512. The number of hydrogen-bond acceptors (Lipinski definition) is 5. The highest BCUT2D eigenvalue weighted by atomic mass is 35.5.